The van der Waals surface area contributed by atoms with Crippen molar-refractivity contribution in [2.75, 3.05) is 6.61 Å². The normalized spacial score (nSPS) is 9.20. The van der Waals surface area contributed by atoms with Crippen molar-refractivity contribution in [3.8, 4) is 11.8 Å². The van der Waals surface area contributed by atoms with E-state index in [1.54, 1.807) is 6.07 Å². The van der Waals surface area contributed by atoms with Gasteiger partial charge in [-0.2, -0.15) is 0 Å². The maximum Gasteiger partial charge on any atom is 0.289 e. The smallest absolute Gasteiger partial charge is 0.289 e. The summed E-state index contributed by atoms with van der Waals surface area (Å²) in [7, 11) is 0. The van der Waals surface area contributed by atoms with Gasteiger partial charge in [-0.05, 0) is 12.1 Å². The number of nitro benzene ring substituents is 1. The first kappa shape index (κ1) is 11.5. The summed E-state index contributed by atoms with van der Waals surface area (Å²) in [5, 5.41) is 19.1. The van der Waals surface area contributed by atoms with Gasteiger partial charge in [-0.25, -0.2) is 0 Å². The zero-order chi connectivity index (χ0) is 11.3. The molecule has 15 heavy (non-hydrogen) atoms. The molecule has 0 aromatic heterocycles. The number of hydrogen-bond acceptors (Lipinski definition) is 3. The molecular weight excluding hydrogens is 218 g/mol. The fourth-order valence-corrected chi connectivity index (χ4v) is 1.14. The lowest BCUT2D eigenvalue weighted by Crippen LogP contribution is -1.89. The Morgan fingerprint density at radius 1 is 1.53 bits per heavy atom. The minimum Gasteiger partial charge on any atom is -0.395 e. The van der Waals surface area contributed by atoms with E-state index in [4.69, 9.17) is 16.7 Å². The summed E-state index contributed by atoms with van der Waals surface area (Å²) >= 11 is 5.62. The lowest BCUT2D eigenvalue weighted by Gasteiger charge is -1.95. The van der Waals surface area contributed by atoms with E-state index in [9.17, 15) is 10.1 Å². The van der Waals surface area contributed by atoms with Gasteiger partial charge < -0.3 is 5.11 Å². The Kier molecular flexibility index (Phi) is 4.10. The number of nitro groups is 1. The Balaban J connectivity index is 2.99. The molecule has 0 aliphatic carbocycles. The highest BCUT2D eigenvalue weighted by atomic mass is 35.5. The van der Waals surface area contributed by atoms with Crippen LogP contribution < -0.4 is 0 Å². The molecule has 0 aliphatic rings. The molecule has 0 fully saturated rings. The number of hydrogen-bond donors (Lipinski definition) is 1. The van der Waals surface area contributed by atoms with E-state index < -0.39 is 4.92 Å². The molecule has 0 heterocycles. The lowest BCUT2D eigenvalue weighted by molar-refractivity contribution is -0.384. The van der Waals surface area contributed by atoms with E-state index in [0.717, 1.165) is 0 Å². The standard InChI is InChI=1S/C10H8ClNO3/c11-9-5-4-8(3-1-2-6-13)7-10(9)12(14)15/h4-5,7,13H,2,6H2. The second-order valence-electron chi connectivity index (χ2n) is 2.70. The van der Waals surface area contributed by atoms with Crippen LogP contribution in [0.1, 0.15) is 12.0 Å². The Labute approximate surface area is 91.6 Å². The maximum atomic E-state index is 10.5. The Morgan fingerprint density at radius 2 is 2.27 bits per heavy atom. The molecule has 0 radical (unpaired) electrons. The second-order valence-corrected chi connectivity index (χ2v) is 3.11. The predicted octanol–water partition coefficient (Wildman–Crippen LogP) is 1.98. The molecule has 5 heteroatoms. The third-order valence-electron chi connectivity index (χ3n) is 1.61. The van der Waals surface area contributed by atoms with E-state index in [2.05, 4.69) is 11.8 Å². The van der Waals surface area contributed by atoms with E-state index in [0.29, 0.717) is 12.0 Å². The predicted molar refractivity (Wildman–Crippen MR) is 56.7 cm³/mol. The van der Waals surface area contributed by atoms with Crippen LogP contribution in [0.5, 0.6) is 0 Å². The van der Waals surface area contributed by atoms with Crippen molar-refractivity contribution in [1.82, 2.24) is 0 Å². The quantitative estimate of drug-likeness (QED) is 0.476. The number of rotatable bonds is 2. The molecule has 0 bridgehead atoms. The van der Waals surface area contributed by atoms with E-state index in [-0.39, 0.29) is 17.3 Å². The fraction of sp³-hybridized carbons (Fsp3) is 0.200. The molecule has 0 saturated heterocycles. The first-order valence-electron chi connectivity index (χ1n) is 4.19. The number of aliphatic hydroxyl groups is 1. The van der Waals surface area contributed by atoms with Gasteiger partial charge in [0.15, 0.2) is 0 Å². The minimum atomic E-state index is -0.556. The monoisotopic (exact) mass is 225 g/mol. The maximum absolute atomic E-state index is 10.5. The summed E-state index contributed by atoms with van der Waals surface area (Å²) in [5.74, 6) is 5.37. The average molecular weight is 226 g/mol. The van der Waals surface area contributed by atoms with Crippen LogP contribution in [0, 0.1) is 22.0 Å². The van der Waals surface area contributed by atoms with Crippen molar-refractivity contribution >= 4 is 17.3 Å². The van der Waals surface area contributed by atoms with Crippen LogP contribution in [0.25, 0.3) is 0 Å². The summed E-state index contributed by atoms with van der Waals surface area (Å²) in [5.41, 5.74) is 0.354. The highest BCUT2D eigenvalue weighted by Crippen LogP contribution is 2.24. The van der Waals surface area contributed by atoms with Gasteiger partial charge in [0.1, 0.15) is 5.02 Å². The van der Waals surface area contributed by atoms with Crippen LogP contribution in [-0.2, 0) is 0 Å². The van der Waals surface area contributed by atoms with Crippen molar-refractivity contribution in [1.29, 1.82) is 0 Å². The number of aliphatic hydroxyl groups excluding tert-OH is 1. The fourth-order valence-electron chi connectivity index (χ4n) is 0.951. The van der Waals surface area contributed by atoms with Crippen LogP contribution in [0.15, 0.2) is 18.2 Å². The number of nitrogens with zero attached hydrogens (tertiary/aromatic N) is 1. The largest absolute Gasteiger partial charge is 0.395 e. The molecule has 0 spiro atoms. The molecule has 0 aliphatic heterocycles. The Bertz CT molecular complexity index is 434. The van der Waals surface area contributed by atoms with E-state index >= 15 is 0 Å². The van der Waals surface area contributed by atoms with Gasteiger partial charge in [0.25, 0.3) is 5.69 Å². The first-order valence-corrected chi connectivity index (χ1v) is 4.56. The second kappa shape index (κ2) is 5.35. The molecule has 0 unspecified atom stereocenters. The zero-order valence-electron chi connectivity index (χ0n) is 7.74. The van der Waals surface area contributed by atoms with Gasteiger partial charge in [-0.15, -0.1) is 0 Å². The van der Waals surface area contributed by atoms with Crippen molar-refractivity contribution in [2.24, 2.45) is 0 Å². The molecule has 1 aromatic carbocycles. The van der Waals surface area contributed by atoms with Crippen molar-refractivity contribution in [3.05, 3.63) is 38.9 Å². The summed E-state index contributed by atoms with van der Waals surface area (Å²) in [4.78, 5) is 9.98. The molecular formula is C10H8ClNO3. The number of benzene rings is 1. The third kappa shape index (κ3) is 3.24. The van der Waals surface area contributed by atoms with E-state index in [1.807, 2.05) is 0 Å². The van der Waals surface area contributed by atoms with Crippen LogP contribution in [0.2, 0.25) is 5.02 Å². The molecule has 0 saturated carbocycles. The average Bonchev–Trinajstić information content (AvgIpc) is 2.20. The van der Waals surface area contributed by atoms with Gasteiger partial charge in [0.05, 0.1) is 11.5 Å². The van der Waals surface area contributed by atoms with Crippen LogP contribution >= 0.6 is 11.6 Å². The van der Waals surface area contributed by atoms with E-state index in [1.165, 1.54) is 12.1 Å². The van der Waals surface area contributed by atoms with Crippen LogP contribution in [0.3, 0.4) is 0 Å². The molecule has 0 atom stereocenters. The highest BCUT2D eigenvalue weighted by molar-refractivity contribution is 6.32. The summed E-state index contributed by atoms with van der Waals surface area (Å²) in [6, 6.07) is 4.34. The SMILES string of the molecule is O=[N+]([O-])c1cc(C#CCCO)ccc1Cl. The summed E-state index contributed by atoms with van der Waals surface area (Å²) in [6.45, 7) is -0.0251. The summed E-state index contributed by atoms with van der Waals surface area (Å²) in [6.07, 6.45) is 0.344. The Morgan fingerprint density at radius 3 is 2.87 bits per heavy atom. The van der Waals surface area contributed by atoms with Gasteiger partial charge in [0.2, 0.25) is 0 Å². The molecule has 1 aromatic rings. The molecule has 1 N–H and O–H groups in total. The molecule has 0 amide bonds. The first-order chi connectivity index (χ1) is 7.15. The molecule has 1 rings (SSSR count). The topological polar surface area (TPSA) is 63.4 Å². The third-order valence-corrected chi connectivity index (χ3v) is 1.93. The summed E-state index contributed by atoms with van der Waals surface area (Å²) < 4.78 is 0. The Hall–Kier alpha value is -1.57. The van der Waals surface area contributed by atoms with Crippen molar-refractivity contribution in [3.63, 3.8) is 0 Å². The minimum absolute atomic E-state index is 0.0251. The molecule has 78 valence electrons. The van der Waals surface area contributed by atoms with Crippen molar-refractivity contribution < 1.29 is 10.0 Å². The lowest BCUT2D eigenvalue weighted by atomic mass is 10.2. The van der Waals surface area contributed by atoms with Crippen molar-refractivity contribution in [2.45, 2.75) is 6.42 Å². The van der Waals surface area contributed by atoms with Gasteiger partial charge in [0, 0.05) is 18.1 Å². The van der Waals surface area contributed by atoms with Crippen LogP contribution in [-0.4, -0.2) is 16.6 Å². The van der Waals surface area contributed by atoms with Crippen LogP contribution in [0.4, 0.5) is 5.69 Å². The number of halogens is 1. The zero-order valence-corrected chi connectivity index (χ0v) is 8.49. The molecule has 4 nitrogen and oxygen atoms in total. The highest BCUT2D eigenvalue weighted by Gasteiger charge is 2.11. The van der Waals surface area contributed by atoms with Gasteiger partial charge in [-0.1, -0.05) is 23.4 Å². The van der Waals surface area contributed by atoms with Gasteiger partial charge >= 0.3 is 0 Å². The van der Waals surface area contributed by atoms with Gasteiger partial charge in [-0.3, -0.25) is 10.1 Å².